The van der Waals surface area contributed by atoms with Crippen molar-refractivity contribution < 1.29 is 41.7 Å². The molecule has 2 amide bonds. The Balaban J connectivity index is 1.58. The maximum absolute atomic E-state index is 14.9. The van der Waals surface area contributed by atoms with Crippen molar-refractivity contribution in [2.24, 2.45) is 5.92 Å². The molecule has 4 N–H and O–H groups in total. The lowest BCUT2D eigenvalue weighted by atomic mass is 10.1. The Kier molecular flexibility index (Phi) is 8.51. The van der Waals surface area contributed by atoms with Gasteiger partial charge in [-0.05, 0) is 24.5 Å². The number of rotatable bonds is 8. The van der Waals surface area contributed by atoms with E-state index >= 15 is 0 Å². The van der Waals surface area contributed by atoms with E-state index in [1.807, 2.05) is 13.8 Å². The lowest BCUT2D eigenvalue weighted by molar-refractivity contribution is -0.136. The summed E-state index contributed by atoms with van der Waals surface area (Å²) in [7, 11) is 1.24. The Labute approximate surface area is 231 Å². The number of nitrogens with one attached hydrogen (secondary N) is 1. The van der Waals surface area contributed by atoms with Crippen LogP contribution in [-0.2, 0) is 10.9 Å². The second-order valence-electron chi connectivity index (χ2n) is 9.95. The molecule has 3 aromatic heterocycles. The van der Waals surface area contributed by atoms with E-state index in [4.69, 9.17) is 15.2 Å². The summed E-state index contributed by atoms with van der Waals surface area (Å²) in [5.74, 6) is -1.25. The molecule has 222 valence electrons. The Morgan fingerprint density at radius 3 is 2.61 bits per heavy atom. The first-order chi connectivity index (χ1) is 19.3. The molecule has 0 radical (unpaired) electrons. The van der Waals surface area contributed by atoms with Gasteiger partial charge in [0.2, 0.25) is 5.88 Å². The molecule has 1 saturated heterocycles. The van der Waals surface area contributed by atoms with Crippen molar-refractivity contribution in [3.8, 4) is 17.1 Å². The molecule has 16 heteroatoms. The quantitative estimate of drug-likeness (QED) is 0.339. The van der Waals surface area contributed by atoms with Gasteiger partial charge in [-0.1, -0.05) is 13.8 Å². The number of aliphatic hydroxyl groups excluding tert-OH is 1. The molecule has 3 aromatic rings. The van der Waals surface area contributed by atoms with Crippen molar-refractivity contribution in [2.75, 3.05) is 32.5 Å². The van der Waals surface area contributed by atoms with Crippen LogP contribution in [0, 0.1) is 5.92 Å². The van der Waals surface area contributed by atoms with E-state index in [-0.39, 0.29) is 48.3 Å². The minimum Gasteiger partial charge on any atom is -0.480 e. The maximum atomic E-state index is 14.9. The highest BCUT2D eigenvalue weighted by atomic mass is 19.4. The van der Waals surface area contributed by atoms with E-state index in [0.29, 0.717) is 6.42 Å². The van der Waals surface area contributed by atoms with Gasteiger partial charge < -0.3 is 30.5 Å². The summed E-state index contributed by atoms with van der Waals surface area (Å²) < 4.78 is 67.5. The third-order valence-corrected chi connectivity index (χ3v) is 6.50. The van der Waals surface area contributed by atoms with Crippen LogP contribution in [0.3, 0.4) is 0 Å². The Morgan fingerprint density at radius 2 is 1.98 bits per heavy atom. The van der Waals surface area contributed by atoms with Crippen LogP contribution >= 0.6 is 0 Å². The van der Waals surface area contributed by atoms with Crippen LogP contribution in [0.4, 0.5) is 28.2 Å². The topological polar surface area (TPSA) is 157 Å². The molecule has 0 spiro atoms. The zero-order valence-corrected chi connectivity index (χ0v) is 22.4. The number of halogens is 4. The number of nitrogens with two attached hydrogens (primary N) is 1. The summed E-state index contributed by atoms with van der Waals surface area (Å²) in [6.07, 6.45) is -5.41. The normalized spacial score (nSPS) is 18.1. The third-order valence-electron chi connectivity index (χ3n) is 6.50. The lowest BCUT2D eigenvalue weighted by Crippen LogP contribution is -2.42. The summed E-state index contributed by atoms with van der Waals surface area (Å²) in [5.41, 5.74) is 3.95. The van der Waals surface area contributed by atoms with E-state index in [0.717, 1.165) is 21.8 Å². The molecule has 0 aromatic carbocycles. The van der Waals surface area contributed by atoms with Crippen molar-refractivity contribution >= 4 is 23.3 Å². The number of carbonyl (C=O) groups excluding carboxylic acids is 2. The number of carbonyl (C=O) groups is 2. The van der Waals surface area contributed by atoms with Crippen LogP contribution in [0.25, 0.3) is 16.8 Å². The van der Waals surface area contributed by atoms with Gasteiger partial charge in [-0.3, -0.25) is 4.79 Å². The number of alkyl halides is 4. The average molecular weight is 584 g/mol. The molecule has 3 atom stereocenters. The molecule has 12 nitrogen and oxygen atoms in total. The Bertz CT molecular complexity index is 1430. The largest absolute Gasteiger partial charge is 0.480 e. The minimum atomic E-state index is -4.78. The van der Waals surface area contributed by atoms with Gasteiger partial charge >= 0.3 is 12.3 Å². The number of hydrogen-bond acceptors (Lipinski definition) is 9. The van der Waals surface area contributed by atoms with Gasteiger partial charge in [0.1, 0.15) is 29.7 Å². The molecule has 0 saturated carbocycles. The standard InChI is InChI=1S/C25H29F4N7O5/c1-12(2)4-14(10-37)41-24(39)35-8-17(26)18(9-35)34-22(38)15-5-13(7-31-23(15)40-3)19-6-16(25(27,28)29)20-21(30)32-11-33-36(19)20/h5-7,11-12,14,17-18,37H,4,8-10H2,1-3H3,(H,34,38)(H2,30,32,33)/t14-,17?,18?/m1/s1. The molecule has 4 rings (SSSR count). The summed E-state index contributed by atoms with van der Waals surface area (Å²) in [6, 6.07) is 0.912. The smallest absolute Gasteiger partial charge is 0.418 e. The Hall–Kier alpha value is -4.21. The number of aliphatic hydroxyl groups is 1. The highest BCUT2D eigenvalue weighted by molar-refractivity contribution is 5.98. The molecule has 1 fully saturated rings. The number of anilines is 1. The summed E-state index contributed by atoms with van der Waals surface area (Å²) in [6.45, 7) is 2.84. The number of ether oxygens (including phenoxy) is 2. The highest BCUT2D eigenvalue weighted by Gasteiger charge is 2.39. The number of nitrogen functional groups attached to an aromatic ring is 1. The first-order valence-corrected chi connectivity index (χ1v) is 12.6. The second kappa shape index (κ2) is 11.7. The van der Waals surface area contributed by atoms with Crippen LogP contribution in [-0.4, -0.2) is 86.7 Å². The fourth-order valence-electron chi connectivity index (χ4n) is 4.61. The monoisotopic (exact) mass is 583 g/mol. The first kappa shape index (κ1) is 29.8. The van der Waals surface area contributed by atoms with Crippen molar-refractivity contribution in [2.45, 2.75) is 44.8 Å². The zero-order chi connectivity index (χ0) is 30.1. The van der Waals surface area contributed by atoms with Crippen molar-refractivity contribution in [3.05, 3.63) is 35.8 Å². The van der Waals surface area contributed by atoms with Gasteiger partial charge in [-0.2, -0.15) is 18.3 Å². The van der Waals surface area contributed by atoms with Crippen molar-refractivity contribution in [3.63, 3.8) is 0 Å². The number of fused-ring (bicyclic) bond motifs is 1. The number of nitrogens with zero attached hydrogens (tertiary/aromatic N) is 5. The van der Waals surface area contributed by atoms with Crippen molar-refractivity contribution in [1.82, 2.24) is 29.8 Å². The van der Waals surface area contributed by atoms with Crippen LogP contribution < -0.4 is 15.8 Å². The number of pyridine rings is 1. The fourth-order valence-corrected chi connectivity index (χ4v) is 4.61. The van der Waals surface area contributed by atoms with Crippen LogP contribution in [0.2, 0.25) is 0 Å². The van der Waals surface area contributed by atoms with Gasteiger partial charge in [0.25, 0.3) is 5.91 Å². The molecule has 41 heavy (non-hydrogen) atoms. The molecule has 4 heterocycles. The van der Waals surface area contributed by atoms with E-state index in [2.05, 4.69) is 20.4 Å². The van der Waals surface area contributed by atoms with Crippen LogP contribution in [0.1, 0.15) is 36.2 Å². The summed E-state index contributed by atoms with van der Waals surface area (Å²) in [4.78, 5) is 34.5. The van der Waals surface area contributed by atoms with Gasteiger partial charge in [-0.25, -0.2) is 23.7 Å². The number of likely N-dealkylation sites (tertiary alicyclic amines) is 1. The molecular weight excluding hydrogens is 554 g/mol. The molecular formula is C25H29F4N7O5. The fraction of sp³-hybridized carbons (Fsp3) is 0.480. The maximum Gasteiger partial charge on any atom is 0.418 e. The SMILES string of the molecule is COc1ncc(-c2cc(C(F)(F)F)c3c(N)ncnn23)cc1C(=O)NC1CN(C(=O)O[C@@H](CO)CC(C)C)CC1F. The number of amides is 2. The van der Waals surface area contributed by atoms with Gasteiger partial charge in [0, 0.05) is 18.3 Å². The van der Waals surface area contributed by atoms with E-state index in [1.165, 1.54) is 19.4 Å². The van der Waals surface area contributed by atoms with Gasteiger partial charge in [0.05, 0.1) is 37.6 Å². The van der Waals surface area contributed by atoms with E-state index in [1.54, 1.807) is 0 Å². The van der Waals surface area contributed by atoms with Crippen LogP contribution in [0.15, 0.2) is 24.7 Å². The van der Waals surface area contributed by atoms with Gasteiger partial charge in [0.15, 0.2) is 5.82 Å². The average Bonchev–Trinajstić information content (AvgIpc) is 3.49. The zero-order valence-electron chi connectivity index (χ0n) is 22.4. The summed E-state index contributed by atoms with van der Waals surface area (Å²) >= 11 is 0. The molecule has 1 aliphatic rings. The van der Waals surface area contributed by atoms with Crippen LogP contribution in [0.5, 0.6) is 5.88 Å². The predicted molar refractivity (Wildman–Crippen MR) is 137 cm³/mol. The molecule has 0 bridgehead atoms. The van der Waals surface area contributed by atoms with E-state index in [9.17, 15) is 32.3 Å². The van der Waals surface area contributed by atoms with E-state index < -0.39 is 53.4 Å². The lowest BCUT2D eigenvalue weighted by Gasteiger charge is -2.22. The molecule has 1 aliphatic heterocycles. The highest BCUT2D eigenvalue weighted by Crippen LogP contribution is 2.39. The minimum absolute atomic E-state index is 0.0631. The summed E-state index contributed by atoms with van der Waals surface area (Å²) in [5, 5.41) is 15.8. The second-order valence-corrected chi connectivity index (χ2v) is 9.95. The van der Waals surface area contributed by atoms with Crippen molar-refractivity contribution in [1.29, 1.82) is 0 Å². The first-order valence-electron chi connectivity index (χ1n) is 12.6. The predicted octanol–water partition coefficient (Wildman–Crippen LogP) is 2.70. The Morgan fingerprint density at radius 1 is 1.24 bits per heavy atom. The number of methoxy groups -OCH3 is 1. The van der Waals surface area contributed by atoms with Gasteiger partial charge in [-0.15, -0.1) is 0 Å². The molecule has 2 unspecified atom stereocenters. The molecule has 0 aliphatic carbocycles. The number of hydrogen-bond donors (Lipinski definition) is 3. The third kappa shape index (κ3) is 6.26. The number of aromatic nitrogens is 4.